The highest BCUT2D eigenvalue weighted by molar-refractivity contribution is 6.81. The van der Waals surface area contributed by atoms with Crippen molar-refractivity contribution in [2.75, 3.05) is 0 Å². The van der Waals surface area contributed by atoms with Crippen LogP contribution in [0.5, 0.6) is 0 Å². The highest BCUT2D eigenvalue weighted by Gasteiger charge is 2.23. The quantitative estimate of drug-likeness (QED) is 0.613. The molecule has 0 aliphatic heterocycles. The minimum absolute atomic E-state index is 0.117. The van der Waals surface area contributed by atoms with E-state index < -0.39 is 21.2 Å². The predicted octanol–water partition coefficient (Wildman–Crippen LogP) is 3.19. The second-order valence-corrected chi connectivity index (χ2v) is 8.40. The summed E-state index contributed by atoms with van der Waals surface area (Å²) in [5, 5.41) is 8.60. The first-order chi connectivity index (χ1) is 12.7. The van der Waals surface area contributed by atoms with Crippen molar-refractivity contribution in [2.24, 2.45) is 10.2 Å². The zero-order valence-electron chi connectivity index (χ0n) is 14.3. The Hall–Kier alpha value is -2.80. The van der Waals surface area contributed by atoms with Gasteiger partial charge < -0.3 is 9.16 Å². The Bertz CT molecular complexity index is 722. The Labute approximate surface area is 153 Å². The molecule has 2 aromatic rings. The van der Waals surface area contributed by atoms with E-state index in [-0.39, 0.29) is 6.10 Å². The third-order valence-corrected chi connectivity index (χ3v) is 6.62. The van der Waals surface area contributed by atoms with Crippen LogP contribution in [0.25, 0.3) is 0 Å². The maximum atomic E-state index is 12.1. The van der Waals surface area contributed by atoms with E-state index in [4.69, 9.17) is 9.16 Å². The molecule has 1 saturated carbocycles. The van der Waals surface area contributed by atoms with Gasteiger partial charge in [-0.05, 0) is 36.1 Å². The van der Waals surface area contributed by atoms with Gasteiger partial charge in [-0.2, -0.15) is 0 Å². The first-order valence-electron chi connectivity index (χ1n) is 8.65. The number of nitrogens with zero attached hydrogens (tertiary/aromatic N) is 2. The summed E-state index contributed by atoms with van der Waals surface area (Å²) in [5.41, 5.74) is 0. The number of carbonyl (C=O) groups is 2. The summed E-state index contributed by atoms with van der Waals surface area (Å²) in [7, 11) is -2.26. The second-order valence-electron chi connectivity index (χ2n) is 6.08. The molecule has 6 nitrogen and oxygen atoms in total. The topological polar surface area (TPSA) is 77.3 Å². The van der Waals surface area contributed by atoms with Crippen molar-refractivity contribution in [1.29, 1.82) is 0 Å². The first kappa shape index (κ1) is 18.0. The summed E-state index contributed by atoms with van der Waals surface area (Å²) in [6.07, 6.45) is 1.92. The van der Waals surface area contributed by atoms with Crippen molar-refractivity contribution < 1.29 is 18.8 Å². The smallest absolute Gasteiger partial charge is 0.452 e. The van der Waals surface area contributed by atoms with Crippen LogP contribution in [0.1, 0.15) is 25.7 Å². The van der Waals surface area contributed by atoms with Gasteiger partial charge in [-0.3, -0.25) is 0 Å². The molecule has 1 aliphatic carbocycles. The van der Waals surface area contributed by atoms with E-state index in [1.54, 1.807) is 0 Å². The first-order valence-corrected chi connectivity index (χ1v) is 10.3. The van der Waals surface area contributed by atoms with Crippen molar-refractivity contribution in [1.82, 2.24) is 0 Å². The normalized spacial score (nSPS) is 14.7. The molecule has 2 amide bonds. The molecule has 3 rings (SSSR count). The molecule has 134 valence electrons. The van der Waals surface area contributed by atoms with Gasteiger partial charge in [0, 0.05) is 0 Å². The molecule has 0 heterocycles. The number of azo groups is 1. The van der Waals surface area contributed by atoms with Gasteiger partial charge in [0.15, 0.2) is 0 Å². The fraction of sp³-hybridized carbons (Fsp3) is 0.263. The van der Waals surface area contributed by atoms with Gasteiger partial charge in [-0.1, -0.05) is 70.9 Å². The number of rotatable bonds is 4. The van der Waals surface area contributed by atoms with Crippen molar-refractivity contribution >= 4 is 31.6 Å². The molecule has 0 bridgehead atoms. The summed E-state index contributed by atoms with van der Waals surface area (Å²) in [6, 6.07) is 19.1. The van der Waals surface area contributed by atoms with E-state index in [1.807, 2.05) is 60.7 Å². The molecule has 0 saturated heterocycles. The Morgan fingerprint density at radius 1 is 0.808 bits per heavy atom. The number of hydrogen-bond donors (Lipinski definition) is 0. The van der Waals surface area contributed by atoms with E-state index in [2.05, 4.69) is 10.2 Å². The molecule has 2 aromatic carbocycles. The van der Waals surface area contributed by atoms with Gasteiger partial charge in [0.2, 0.25) is 0 Å². The Morgan fingerprint density at radius 2 is 1.31 bits per heavy atom. The average Bonchev–Trinajstić information content (AvgIpc) is 3.19. The van der Waals surface area contributed by atoms with Crippen LogP contribution in [0, 0.1) is 0 Å². The van der Waals surface area contributed by atoms with E-state index in [0.29, 0.717) is 0 Å². The van der Waals surface area contributed by atoms with Gasteiger partial charge in [0.05, 0.1) is 0 Å². The van der Waals surface area contributed by atoms with Gasteiger partial charge >= 0.3 is 21.2 Å². The maximum Gasteiger partial charge on any atom is 0.452 e. The van der Waals surface area contributed by atoms with Gasteiger partial charge in [-0.15, -0.1) is 0 Å². The molecule has 0 radical (unpaired) electrons. The molecule has 26 heavy (non-hydrogen) atoms. The Morgan fingerprint density at radius 3 is 1.85 bits per heavy atom. The third kappa shape index (κ3) is 5.09. The standard InChI is InChI=1S/C19H20N2O4Si/c22-18(24-15-9-7-8-10-15)20-21-19(23)25-26(16-11-3-1-4-12-16)17-13-5-2-6-14-17/h1-6,11-15,26H,7-10H2. The number of benzene rings is 2. The van der Waals surface area contributed by atoms with E-state index in [0.717, 1.165) is 36.1 Å². The predicted molar refractivity (Wildman–Crippen MR) is 99.4 cm³/mol. The number of ether oxygens (including phenoxy) is 1. The Balaban J connectivity index is 1.65. The lowest BCUT2D eigenvalue weighted by molar-refractivity contribution is 0.108. The zero-order chi connectivity index (χ0) is 18.2. The molecule has 0 aromatic heterocycles. The SMILES string of the molecule is O=C(N=NC(=O)O[SiH](c1ccccc1)c1ccccc1)OC1CCCC1. The summed E-state index contributed by atoms with van der Waals surface area (Å²) >= 11 is 0. The Kier molecular flexibility index (Phi) is 6.27. The van der Waals surface area contributed by atoms with Crippen LogP contribution in [0.3, 0.4) is 0 Å². The number of hydrogen-bond acceptors (Lipinski definition) is 4. The van der Waals surface area contributed by atoms with Crippen LogP contribution < -0.4 is 10.4 Å². The number of amides is 2. The fourth-order valence-corrected chi connectivity index (χ4v) is 5.01. The highest BCUT2D eigenvalue weighted by atomic mass is 28.3. The summed E-state index contributed by atoms with van der Waals surface area (Å²) in [4.78, 5) is 23.7. The lowest BCUT2D eigenvalue weighted by Gasteiger charge is -2.15. The van der Waals surface area contributed by atoms with Crippen molar-refractivity contribution in [3.63, 3.8) is 0 Å². The molecular weight excluding hydrogens is 348 g/mol. The molecule has 1 fully saturated rings. The van der Waals surface area contributed by atoms with Crippen molar-refractivity contribution in [3.8, 4) is 0 Å². The molecule has 0 atom stereocenters. The molecule has 0 N–H and O–H groups in total. The van der Waals surface area contributed by atoms with Crippen LogP contribution in [-0.2, 0) is 9.16 Å². The lowest BCUT2D eigenvalue weighted by Crippen LogP contribution is -2.45. The summed E-state index contributed by atoms with van der Waals surface area (Å²) in [6.45, 7) is 0. The maximum absolute atomic E-state index is 12.1. The minimum atomic E-state index is -2.26. The largest absolute Gasteiger partial charge is 0.495 e. The molecule has 0 spiro atoms. The van der Waals surface area contributed by atoms with Gasteiger partial charge in [0.25, 0.3) is 0 Å². The van der Waals surface area contributed by atoms with E-state index in [9.17, 15) is 9.59 Å². The van der Waals surface area contributed by atoms with Crippen LogP contribution in [0.15, 0.2) is 70.9 Å². The second kappa shape index (κ2) is 9.05. The van der Waals surface area contributed by atoms with Crippen molar-refractivity contribution in [3.05, 3.63) is 60.7 Å². The summed E-state index contributed by atoms with van der Waals surface area (Å²) in [5.74, 6) is 0. The summed E-state index contributed by atoms with van der Waals surface area (Å²) < 4.78 is 10.7. The van der Waals surface area contributed by atoms with Crippen LogP contribution in [0.2, 0.25) is 0 Å². The molecule has 0 unspecified atom stereocenters. The lowest BCUT2D eigenvalue weighted by atomic mass is 10.3. The van der Waals surface area contributed by atoms with E-state index in [1.165, 1.54) is 0 Å². The average molecular weight is 368 g/mol. The van der Waals surface area contributed by atoms with E-state index >= 15 is 0 Å². The van der Waals surface area contributed by atoms with Crippen LogP contribution in [0.4, 0.5) is 9.59 Å². The number of carbonyl (C=O) groups excluding carboxylic acids is 2. The molecule has 1 aliphatic rings. The van der Waals surface area contributed by atoms with Crippen molar-refractivity contribution in [2.45, 2.75) is 31.8 Å². The third-order valence-electron chi connectivity index (χ3n) is 4.21. The van der Waals surface area contributed by atoms with Gasteiger partial charge in [-0.25, -0.2) is 9.59 Å². The zero-order valence-corrected chi connectivity index (χ0v) is 15.4. The van der Waals surface area contributed by atoms with Crippen LogP contribution >= 0.6 is 0 Å². The molecule has 7 heteroatoms. The monoisotopic (exact) mass is 368 g/mol. The minimum Gasteiger partial charge on any atom is -0.495 e. The van der Waals surface area contributed by atoms with Gasteiger partial charge in [0.1, 0.15) is 6.10 Å². The highest BCUT2D eigenvalue weighted by Crippen LogP contribution is 2.21. The fourth-order valence-electron chi connectivity index (χ4n) is 2.96. The van der Waals surface area contributed by atoms with Crippen LogP contribution in [-0.4, -0.2) is 27.3 Å². The molecular formula is C19H20N2O4Si.